The van der Waals surface area contributed by atoms with Crippen LogP contribution in [0.25, 0.3) is 11.0 Å². The van der Waals surface area contributed by atoms with Crippen LogP contribution in [-0.2, 0) is 20.9 Å². The summed E-state index contributed by atoms with van der Waals surface area (Å²) in [4.78, 5) is 7.94. The van der Waals surface area contributed by atoms with Crippen LogP contribution in [0.4, 0.5) is 18.9 Å². The van der Waals surface area contributed by atoms with E-state index >= 15 is 0 Å². The van der Waals surface area contributed by atoms with Gasteiger partial charge in [-0.3, -0.25) is 8.96 Å². The molecule has 0 aliphatic rings. The number of rotatable bonds is 9. The summed E-state index contributed by atoms with van der Waals surface area (Å²) in [5.41, 5.74) is -0.790. The number of ether oxygens (including phenoxy) is 1. The van der Waals surface area contributed by atoms with Gasteiger partial charge >= 0.3 is 6.18 Å². The number of sulfonamides is 1. The second-order valence-electron chi connectivity index (χ2n) is 7.90. The van der Waals surface area contributed by atoms with Crippen molar-refractivity contribution in [3.8, 4) is 0 Å². The number of nitrogens with zero attached hydrogens (tertiary/aromatic N) is 4. The number of aliphatic hydroxyl groups is 1. The Kier molecular flexibility index (Phi) is 10.4. The van der Waals surface area contributed by atoms with Crippen LogP contribution in [0.2, 0.25) is 10.0 Å². The molecule has 0 radical (unpaired) electrons. The molecule has 40 heavy (non-hydrogen) atoms. The van der Waals surface area contributed by atoms with Crippen molar-refractivity contribution in [1.82, 2.24) is 13.9 Å². The molecule has 0 spiro atoms. The Labute approximate surface area is 268 Å². The maximum absolute atomic E-state index is 13.7. The van der Waals surface area contributed by atoms with E-state index in [9.17, 15) is 26.7 Å². The van der Waals surface area contributed by atoms with Crippen LogP contribution in [0.5, 0.6) is 0 Å². The van der Waals surface area contributed by atoms with E-state index < -0.39 is 46.9 Å². The Morgan fingerprint density at radius 2 is 1.93 bits per heavy atom. The molecule has 4 rings (SSSR count). The van der Waals surface area contributed by atoms with Gasteiger partial charge in [-0.2, -0.15) is 13.2 Å². The number of pyridine rings is 2. The van der Waals surface area contributed by atoms with Gasteiger partial charge in [-0.25, -0.2) is 17.7 Å². The maximum Gasteiger partial charge on any atom is 0.417 e. The lowest BCUT2D eigenvalue weighted by molar-refractivity contribution is -0.137. The molecule has 0 saturated carbocycles. The first kappa shape index (κ1) is 32.3. The molecule has 214 valence electrons. The van der Waals surface area contributed by atoms with Crippen molar-refractivity contribution >= 4 is 108 Å². The quantitative estimate of drug-likeness (QED) is 0.103. The van der Waals surface area contributed by atoms with Gasteiger partial charge < -0.3 is 9.84 Å². The van der Waals surface area contributed by atoms with Gasteiger partial charge in [-0.15, -0.1) is 0 Å². The van der Waals surface area contributed by atoms with E-state index in [0.717, 1.165) is 12.1 Å². The van der Waals surface area contributed by atoms with Gasteiger partial charge in [0.15, 0.2) is 5.65 Å². The molecule has 0 saturated heterocycles. The number of alkyl halides is 3. The number of fused-ring (bicyclic) bond motifs is 1. The van der Waals surface area contributed by atoms with Crippen LogP contribution in [0.15, 0.2) is 59.9 Å². The first-order valence-corrected chi connectivity index (χ1v) is 21.2. The van der Waals surface area contributed by atoms with Crippen molar-refractivity contribution < 1.29 is 31.4 Å². The van der Waals surface area contributed by atoms with Crippen LogP contribution in [0.3, 0.4) is 0 Å². The van der Waals surface area contributed by atoms with Crippen molar-refractivity contribution in [3.63, 3.8) is 0 Å². The molecule has 1 aromatic carbocycles. The normalized spacial score (nSPS) is 13.2. The second kappa shape index (κ2) is 12.9. The molecule has 1 N–H and O–H groups in total. The molecule has 0 amide bonds. The monoisotopic (exact) mass is 876 g/mol. The third-order valence-electron chi connectivity index (χ3n) is 5.52. The summed E-state index contributed by atoms with van der Waals surface area (Å²) in [6, 6.07) is 6.77. The lowest BCUT2D eigenvalue weighted by atomic mass is 10.0. The molecule has 0 fully saturated rings. The fourth-order valence-corrected chi connectivity index (χ4v) is 10.4. The van der Waals surface area contributed by atoms with Crippen LogP contribution in [-0.4, -0.2) is 41.3 Å². The predicted molar refractivity (Wildman–Crippen MR) is 169 cm³/mol. The van der Waals surface area contributed by atoms with E-state index in [1.165, 1.54) is 43.2 Å². The van der Waals surface area contributed by atoms with E-state index in [0.29, 0.717) is 21.4 Å². The van der Waals surface area contributed by atoms with Crippen molar-refractivity contribution in [3.05, 3.63) is 81.9 Å². The van der Waals surface area contributed by atoms with E-state index in [1.807, 2.05) is 3.97 Å². The Morgan fingerprint density at radius 3 is 2.58 bits per heavy atom. The Morgan fingerprint density at radius 1 is 1.20 bits per heavy atom. The summed E-state index contributed by atoms with van der Waals surface area (Å²) in [5.74, 6) is 0. The lowest BCUT2D eigenvalue weighted by Crippen LogP contribution is -2.34. The van der Waals surface area contributed by atoms with Crippen molar-refractivity contribution in [2.45, 2.75) is 17.2 Å². The van der Waals surface area contributed by atoms with Crippen molar-refractivity contribution in [2.75, 3.05) is 18.1 Å². The molecule has 3 heterocycles. The van der Waals surface area contributed by atoms with E-state index in [-0.39, 0.29) is 22.0 Å². The molecular weight excluding hydrogens is 861 g/mol. The fourth-order valence-electron chi connectivity index (χ4n) is 3.83. The fraction of sp³-hybridized carbons (Fsp3) is 0.182. The van der Waals surface area contributed by atoms with Gasteiger partial charge in [-0.05, 0) is 80.5 Å². The minimum atomic E-state index is -4.89. The van der Waals surface area contributed by atoms with Gasteiger partial charge in [-0.1, -0.05) is 23.2 Å². The topological polar surface area (TPSA) is 97.6 Å². The van der Waals surface area contributed by atoms with E-state index in [1.54, 1.807) is 12.3 Å². The summed E-state index contributed by atoms with van der Waals surface area (Å²) in [5, 5.41) is 11.5. The average molecular weight is 877 g/mol. The molecule has 3 aromatic heterocycles. The van der Waals surface area contributed by atoms with Gasteiger partial charge in [0.25, 0.3) is 10.0 Å². The zero-order valence-corrected chi connectivity index (χ0v) is 28.2. The highest BCUT2D eigenvalue weighted by Gasteiger charge is 2.37. The molecule has 18 heteroatoms. The molecule has 1 atom stereocenters. The number of aliphatic hydroxyl groups excluding tert-OH is 1. The standard InChI is InChI=1S/C22H16Cl2F3I2N4O4PS2/c1-37-11-33(40(35,36)12-4-5-15(23)14(9-12)22(25,26)27)17-3-2-7-30-19(17)20(34)18-13-6-8-32(39-38(28)29)21(13)31-10-16(18)24/h2-10,20,34H,11H2,1H3. The number of methoxy groups -OCH3 is 1. The van der Waals surface area contributed by atoms with E-state index in [2.05, 4.69) is 54.0 Å². The van der Waals surface area contributed by atoms with Gasteiger partial charge in [0.05, 0.1) is 31.9 Å². The van der Waals surface area contributed by atoms with Gasteiger partial charge in [0.1, 0.15) is 15.2 Å². The number of anilines is 1. The smallest absolute Gasteiger partial charge is 0.382 e. The van der Waals surface area contributed by atoms with E-state index in [4.69, 9.17) is 27.9 Å². The first-order valence-electron chi connectivity index (χ1n) is 10.7. The van der Waals surface area contributed by atoms with Crippen LogP contribution >= 0.6 is 81.3 Å². The maximum atomic E-state index is 13.7. The van der Waals surface area contributed by atoms with Gasteiger partial charge in [0.2, 0.25) is 0 Å². The van der Waals surface area contributed by atoms with Crippen LogP contribution in [0, 0.1) is 0 Å². The molecule has 4 aromatic rings. The minimum Gasteiger partial charge on any atom is -0.382 e. The second-order valence-corrected chi connectivity index (χ2v) is 28.4. The van der Waals surface area contributed by atoms with Crippen LogP contribution in [0.1, 0.15) is 22.9 Å². The van der Waals surface area contributed by atoms with Crippen LogP contribution < -0.4 is 4.31 Å². The van der Waals surface area contributed by atoms with Crippen molar-refractivity contribution in [1.29, 1.82) is 0 Å². The Balaban J connectivity index is 1.86. The highest BCUT2D eigenvalue weighted by molar-refractivity contribution is 14.3. The molecule has 1 unspecified atom stereocenters. The minimum absolute atomic E-state index is 0.110. The lowest BCUT2D eigenvalue weighted by Gasteiger charge is -2.27. The molecule has 0 bridgehead atoms. The highest BCUT2D eigenvalue weighted by Crippen LogP contribution is 2.65. The number of aromatic nitrogens is 3. The number of hydrogen-bond acceptors (Lipinski definition) is 7. The summed E-state index contributed by atoms with van der Waals surface area (Å²) in [6.07, 6.45) is -1.93. The summed E-state index contributed by atoms with van der Waals surface area (Å²) < 4.78 is 75.1. The number of halogens is 7. The Bertz CT molecular complexity index is 1670. The third kappa shape index (κ3) is 6.61. The largest absolute Gasteiger partial charge is 0.417 e. The predicted octanol–water partition coefficient (Wildman–Crippen LogP) is 8.23. The molecule has 8 nitrogen and oxygen atoms in total. The highest BCUT2D eigenvalue weighted by atomic mass is 127. The zero-order valence-electron chi connectivity index (χ0n) is 19.9. The Hall–Kier alpha value is -0.660. The SMILES string of the molecule is COCN(c1cccnc1C(O)c1c(Cl)cnc2c1ccn2SP(I)I)S(=O)(=O)c1ccc(Cl)c(C(F)(F)F)c1. The number of benzene rings is 1. The average Bonchev–Trinajstić information content (AvgIpc) is 3.28. The first-order chi connectivity index (χ1) is 18.8. The summed E-state index contributed by atoms with van der Waals surface area (Å²) >= 11 is 18.3. The number of hydrogen-bond donors (Lipinski definition) is 1. The third-order valence-corrected chi connectivity index (χ3v) is 12.5. The summed E-state index contributed by atoms with van der Waals surface area (Å²) in [6.45, 7) is -0.598. The van der Waals surface area contributed by atoms with Crippen molar-refractivity contribution in [2.24, 2.45) is 0 Å². The zero-order chi connectivity index (χ0) is 29.4. The molecular formula is C22H16Cl2F3I2N4O4PS2. The molecule has 0 aliphatic heterocycles. The molecule has 0 aliphatic carbocycles. The van der Waals surface area contributed by atoms with Gasteiger partial charge in [0, 0.05) is 48.2 Å². The summed E-state index contributed by atoms with van der Waals surface area (Å²) in [7, 11) is -3.45.